The van der Waals surface area contributed by atoms with E-state index >= 15 is 0 Å². The summed E-state index contributed by atoms with van der Waals surface area (Å²) in [5.41, 5.74) is 3.31. The summed E-state index contributed by atoms with van der Waals surface area (Å²) in [6.45, 7) is 3.03. The van der Waals surface area contributed by atoms with Gasteiger partial charge in [-0.1, -0.05) is 6.07 Å². The van der Waals surface area contributed by atoms with Crippen LogP contribution in [-0.4, -0.2) is 40.4 Å². The van der Waals surface area contributed by atoms with E-state index in [1.807, 2.05) is 29.4 Å². The quantitative estimate of drug-likeness (QED) is 0.719. The number of anilines is 1. The molecule has 0 saturated carbocycles. The second kappa shape index (κ2) is 6.23. The van der Waals surface area contributed by atoms with E-state index in [9.17, 15) is 4.79 Å². The molecule has 136 valence electrons. The Labute approximate surface area is 157 Å². The molecule has 0 N–H and O–H groups in total. The monoisotopic (exact) mass is 360 g/mol. The number of rotatable bonds is 3. The van der Waals surface area contributed by atoms with Crippen LogP contribution in [0.25, 0.3) is 0 Å². The van der Waals surface area contributed by atoms with Gasteiger partial charge in [0.2, 0.25) is 0 Å². The van der Waals surface area contributed by atoms with Crippen LogP contribution in [0.5, 0.6) is 0 Å². The van der Waals surface area contributed by atoms with Gasteiger partial charge in [0.1, 0.15) is 0 Å². The second-order valence-electron chi connectivity index (χ2n) is 7.32. The molecule has 5 heterocycles. The number of hydrogen-bond donors (Lipinski definition) is 0. The fourth-order valence-corrected chi connectivity index (χ4v) is 4.36. The number of amides is 1. The van der Waals surface area contributed by atoms with Gasteiger partial charge < -0.3 is 14.2 Å². The molecule has 1 fully saturated rings. The molecule has 1 spiro atoms. The smallest absolute Gasteiger partial charge is 0.289 e. The molecule has 0 aliphatic carbocycles. The molecule has 3 aromatic heterocycles. The Morgan fingerprint density at radius 2 is 2.07 bits per heavy atom. The van der Waals surface area contributed by atoms with Crippen molar-refractivity contribution in [1.82, 2.24) is 14.9 Å². The highest BCUT2D eigenvalue weighted by atomic mass is 16.3. The number of fused-ring (bicyclic) bond motifs is 2. The minimum absolute atomic E-state index is 0.0416. The second-order valence-corrected chi connectivity index (χ2v) is 7.32. The maximum atomic E-state index is 12.7. The van der Waals surface area contributed by atoms with Crippen molar-refractivity contribution < 1.29 is 9.21 Å². The molecule has 0 unspecified atom stereocenters. The average Bonchev–Trinajstić information content (AvgIpc) is 3.44. The van der Waals surface area contributed by atoms with Crippen molar-refractivity contribution in [2.24, 2.45) is 0 Å². The minimum atomic E-state index is -0.124. The lowest BCUT2D eigenvalue weighted by atomic mass is 9.85. The summed E-state index contributed by atoms with van der Waals surface area (Å²) in [5.74, 6) is 0.360. The van der Waals surface area contributed by atoms with Crippen LogP contribution >= 0.6 is 0 Å². The molecular weight excluding hydrogens is 340 g/mol. The van der Waals surface area contributed by atoms with Crippen molar-refractivity contribution >= 4 is 11.6 Å². The SMILES string of the molecule is O=C(c1ccco1)N1CC[C@]2(C1)CN(Cc1cccnc1)c1cccnc12. The van der Waals surface area contributed by atoms with Crippen LogP contribution in [0.3, 0.4) is 0 Å². The molecule has 27 heavy (non-hydrogen) atoms. The Morgan fingerprint density at radius 1 is 1.15 bits per heavy atom. The van der Waals surface area contributed by atoms with E-state index < -0.39 is 0 Å². The van der Waals surface area contributed by atoms with E-state index in [1.165, 1.54) is 5.56 Å². The van der Waals surface area contributed by atoms with E-state index in [0.717, 1.165) is 37.4 Å². The lowest BCUT2D eigenvalue weighted by molar-refractivity contribution is 0.0752. The fraction of sp³-hybridized carbons (Fsp3) is 0.286. The van der Waals surface area contributed by atoms with E-state index in [1.54, 1.807) is 24.6 Å². The van der Waals surface area contributed by atoms with Crippen LogP contribution in [0.4, 0.5) is 5.69 Å². The third-order valence-electron chi connectivity index (χ3n) is 5.59. The maximum absolute atomic E-state index is 12.7. The van der Waals surface area contributed by atoms with E-state index in [4.69, 9.17) is 9.40 Å². The fourth-order valence-electron chi connectivity index (χ4n) is 4.36. The van der Waals surface area contributed by atoms with Gasteiger partial charge in [-0.05, 0) is 42.3 Å². The highest BCUT2D eigenvalue weighted by Crippen LogP contribution is 2.45. The van der Waals surface area contributed by atoms with Crippen molar-refractivity contribution in [2.45, 2.75) is 18.4 Å². The molecular formula is C21H20N4O2. The van der Waals surface area contributed by atoms with Crippen molar-refractivity contribution in [1.29, 1.82) is 0 Å². The lowest BCUT2D eigenvalue weighted by Gasteiger charge is -2.25. The molecule has 1 amide bonds. The summed E-state index contributed by atoms with van der Waals surface area (Å²) in [6, 6.07) is 11.6. The number of carbonyl (C=O) groups is 1. The van der Waals surface area contributed by atoms with Crippen molar-refractivity contribution in [3.05, 3.63) is 78.3 Å². The molecule has 5 rings (SSSR count). The zero-order chi connectivity index (χ0) is 18.3. The van der Waals surface area contributed by atoms with Crippen molar-refractivity contribution in [2.75, 3.05) is 24.5 Å². The number of pyridine rings is 2. The Morgan fingerprint density at radius 3 is 2.89 bits per heavy atom. The van der Waals surface area contributed by atoms with Gasteiger partial charge >= 0.3 is 0 Å². The number of hydrogen-bond acceptors (Lipinski definition) is 5. The zero-order valence-electron chi connectivity index (χ0n) is 14.9. The Hall–Kier alpha value is -3.15. The molecule has 0 radical (unpaired) electrons. The molecule has 2 aliphatic heterocycles. The molecule has 0 aromatic carbocycles. The largest absolute Gasteiger partial charge is 0.459 e. The van der Waals surface area contributed by atoms with Crippen LogP contribution in [0.15, 0.2) is 65.7 Å². The molecule has 1 saturated heterocycles. The predicted octanol–water partition coefficient (Wildman–Crippen LogP) is 2.87. The van der Waals surface area contributed by atoms with Gasteiger partial charge in [0.05, 0.1) is 23.1 Å². The highest BCUT2D eigenvalue weighted by molar-refractivity contribution is 5.91. The first-order valence-corrected chi connectivity index (χ1v) is 9.17. The number of carbonyl (C=O) groups excluding carboxylic acids is 1. The predicted molar refractivity (Wildman–Crippen MR) is 100 cm³/mol. The number of likely N-dealkylation sites (tertiary alicyclic amines) is 1. The van der Waals surface area contributed by atoms with E-state index in [-0.39, 0.29) is 11.3 Å². The lowest BCUT2D eigenvalue weighted by Crippen LogP contribution is -2.38. The van der Waals surface area contributed by atoms with E-state index in [0.29, 0.717) is 12.3 Å². The number of furan rings is 1. The first-order valence-electron chi connectivity index (χ1n) is 9.17. The Kier molecular flexibility index (Phi) is 3.70. The number of aromatic nitrogens is 2. The minimum Gasteiger partial charge on any atom is -0.459 e. The Bertz CT molecular complexity index is 957. The molecule has 6 heteroatoms. The molecule has 2 aliphatic rings. The van der Waals surface area contributed by atoms with Gasteiger partial charge in [-0.25, -0.2) is 0 Å². The van der Waals surface area contributed by atoms with Gasteiger partial charge in [-0.2, -0.15) is 0 Å². The highest BCUT2D eigenvalue weighted by Gasteiger charge is 2.49. The maximum Gasteiger partial charge on any atom is 0.289 e. The summed E-state index contributed by atoms with van der Waals surface area (Å²) >= 11 is 0. The summed E-state index contributed by atoms with van der Waals surface area (Å²) in [6.07, 6.45) is 8.00. The summed E-state index contributed by atoms with van der Waals surface area (Å²) < 4.78 is 5.30. The third-order valence-corrected chi connectivity index (χ3v) is 5.59. The zero-order valence-corrected chi connectivity index (χ0v) is 14.9. The van der Waals surface area contributed by atoms with Crippen LogP contribution in [0, 0.1) is 0 Å². The number of nitrogens with zero attached hydrogens (tertiary/aromatic N) is 4. The van der Waals surface area contributed by atoms with Gasteiger partial charge in [0.15, 0.2) is 5.76 Å². The summed E-state index contributed by atoms with van der Waals surface area (Å²) in [5, 5.41) is 0. The molecule has 0 bridgehead atoms. The van der Waals surface area contributed by atoms with E-state index in [2.05, 4.69) is 22.0 Å². The molecule has 1 atom stereocenters. The summed E-state index contributed by atoms with van der Waals surface area (Å²) in [4.78, 5) is 25.9. The van der Waals surface area contributed by atoms with Gasteiger partial charge in [-0.3, -0.25) is 14.8 Å². The third kappa shape index (κ3) is 2.68. The van der Waals surface area contributed by atoms with Crippen LogP contribution < -0.4 is 4.90 Å². The van der Waals surface area contributed by atoms with Gasteiger partial charge in [-0.15, -0.1) is 0 Å². The standard InChI is InChI=1S/C21H20N4O2/c26-20(18-6-3-11-27-18)24-10-7-21(14-24)15-25(13-16-4-1-8-22-12-16)17-5-2-9-23-19(17)21/h1-6,8-9,11-12H,7,10,13-15H2/t21-/m0/s1. The van der Waals surface area contributed by atoms with Crippen LogP contribution in [0.1, 0.15) is 28.2 Å². The van der Waals surface area contributed by atoms with Crippen LogP contribution in [-0.2, 0) is 12.0 Å². The normalized spacial score (nSPS) is 21.0. The molecule has 3 aromatic rings. The van der Waals surface area contributed by atoms with Crippen molar-refractivity contribution in [3.8, 4) is 0 Å². The summed E-state index contributed by atoms with van der Waals surface area (Å²) in [7, 11) is 0. The first kappa shape index (κ1) is 16.1. The first-order chi connectivity index (χ1) is 13.3. The molecule has 6 nitrogen and oxygen atoms in total. The van der Waals surface area contributed by atoms with Crippen molar-refractivity contribution in [3.63, 3.8) is 0 Å². The topological polar surface area (TPSA) is 62.5 Å². The average molecular weight is 360 g/mol. The van der Waals surface area contributed by atoms with Gasteiger partial charge in [0, 0.05) is 44.8 Å². The van der Waals surface area contributed by atoms with Crippen LogP contribution in [0.2, 0.25) is 0 Å². The Balaban J connectivity index is 1.43. The van der Waals surface area contributed by atoms with Gasteiger partial charge in [0.25, 0.3) is 5.91 Å².